The zero-order chi connectivity index (χ0) is 20.9. The van der Waals surface area contributed by atoms with Gasteiger partial charge in [0.05, 0.1) is 36.4 Å². The van der Waals surface area contributed by atoms with Crippen LogP contribution in [0.5, 0.6) is 0 Å². The molecule has 10 heteroatoms. The minimum atomic E-state index is -0.143. The third kappa shape index (κ3) is 4.89. The summed E-state index contributed by atoms with van der Waals surface area (Å²) in [6.07, 6.45) is 3.17. The number of aromatic nitrogens is 3. The Labute approximate surface area is 186 Å². The van der Waals surface area contributed by atoms with Crippen molar-refractivity contribution in [3.63, 3.8) is 0 Å². The summed E-state index contributed by atoms with van der Waals surface area (Å²) in [5.74, 6) is 2.01. The van der Waals surface area contributed by atoms with E-state index in [9.17, 15) is 4.79 Å². The molecule has 0 aliphatic rings. The van der Waals surface area contributed by atoms with Crippen molar-refractivity contribution in [3.8, 4) is 11.4 Å². The van der Waals surface area contributed by atoms with Crippen LogP contribution in [0.3, 0.4) is 0 Å². The van der Waals surface area contributed by atoms with Crippen LogP contribution < -0.4 is 5.32 Å². The van der Waals surface area contributed by atoms with Crippen molar-refractivity contribution < 1.29 is 13.6 Å². The highest BCUT2D eigenvalue weighted by Gasteiger charge is 2.19. The van der Waals surface area contributed by atoms with E-state index in [4.69, 9.17) is 32.0 Å². The Kier molecular flexibility index (Phi) is 6.47. The molecule has 0 spiro atoms. The monoisotopic (exact) mass is 462 g/mol. The highest BCUT2D eigenvalue weighted by molar-refractivity contribution is 7.99. The number of thioether (sulfide) groups is 1. The maximum absolute atomic E-state index is 12.2. The molecule has 0 aliphatic heterocycles. The van der Waals surface area contributed by atoms with Crippen LogP contribution in [0, 0.1) is 0 Å². The second-order valence-corrected chi connectivity index (χ2v) is 8.03. The summed E-state index contributed by atoms with van der Waals surface area (Å²) in [7, 11) is 0. The molecular weight excluding hydrogens is 447 g/mol. The van der Waals surface area contributed by atoms with Crippen LogP contribution in [0.25, 0.3) is 11.4 Å². The molecule has 0 radical (unpaired) electrons. The number of benzene rings is 1. The molecule has 0 bridgehead atoms. The lowest BCUT2D eigenvalue weighted by Crippen LogP contribution is -2.24. The topological polar surface area (TPSA) is 86.1 Å². The van der Waals surface area contributed by atoms with Crippen molar-refractivity contribution in [2.75, 3.05) is 5.75 Å². The van der Waals surface area contributed by atoms with E-state index in [0.29, 0.717) is 45.4 Å². The van der Waals surface area contributed by atoms with Crippen LogP contribution in [0.4, 0.5) is 0 Å². The second-order valence-electron chi connectivity index (χ2n) is 6.24. The fraction of sp³-hybridized carbons (Fsp3) is 0.150. The summed E-state index contributed by atoms with van der Waals surface area (Å²) in [6.45, 7) is 0.724. The number of hydrogen-bond acceptors (Lipinski definition) is 6. The van der Waals surface area contributed by atoms with Crippen LogP contribution >= 0.6 is 35.0 Å². The largest absolute Gasteiger partial charge is 0.467 e. The van der Waals surface area contributed by atoms with Crippen molar-refractivity contribution >= 4 is 40.9 Å². The first-order chi connectivity index (χ1) is 14.6. The zero-order valence-electron chi connectivity index (χ0n) is 15.5. The highest BCUT2D eigenvalue weighted by atomic mass is 35.5. The smallest absolute Gasteiger partial charge is 0.230 e. The van der Waals surface area contributed by atoms with Crippen molar-refractivity contribution in [3.05, 3.63) is 76.6 Å². The van der Waals surface area contributed by atoms with Gasteiger partial charge in [0.15, 0.2) is 11.0 Å². The summed E-state index contributed by atoms with van der Waals surface area (Å²) >= 11 is 13.7. The van der Waals surface area contributed by atoms with Crippen molar-refractivity contribution in [1.82, 2.24) is 20.1 Å². The van der Waals surface area contributed by atoms with Crippen LogP contribution in [0.15, 0.2) is 69.0 Å². The van der Waals surface area contributed by atoms with Gasteiger partial charge >= 0.3 is 0 Å². The molecule has 4 aromatic rings. The van der Waals surface area contributed by atoms with Gasteiger partial charge in [-0.25, -0.2) is 0 Å². The van der Waals surface area contributed by atoms with Crippen LogP contribution in [0.2, 0.25) is 10.0 Å². The van der Waals surface area contributed by atoms with Crippen molar-refractivity contribution in [1.29, 1.82) is 0 Å². The molecule has 30 heavy (non-hydrogen) atoms. The normalized spacial score (nSPS) is 11.0. The van der Waals surface area contributed by atoms with Gasteiger partial charge in [-0.2, -0.15) is 0 Å². The summed E-state index contributed by atoms with van der Waals surface area (Å²) in [5.41, 5.74) is 0.689. The predicted molar refractivity (Wildman–Crippen MR) is 115 cm³/mol. The molecule has 0 atom stereocenters. The summed E-state index contributed by atoms with van der Waals surface area (Å²) in [4.78, 5) is 12.2. The van der Waals surface area contributed by atoms with Gasteiger partial charge in [-0.15, -0.1) is 10.2 Å². The van der Waals surface area contributed by atoms with E-state index in [1.54, 1.807) is 42.9 Å². The fourth-order valence-corrected chi connectivity index (χ4v) is 4.01. The first-order valence-corrected chi connectivity index (χ1v) is 10.7. The molecule has 1 amide bonds. The van der Waals surface area contributed by atoms with Crippen molar-refractivity contribution in [2.24, 2.45) is 0 Å². The second kappa shape index (κ2) is 9.42. The van der Waals surface area contributed by atoms with Crippen LogP contribution in [-0.2, 0) is 17.9 Å². The summed E-state index contributed by atoms with van der Waals surface area (Å²) in [6, 6.07) is 12.4. The number of furan rings is 2. The average Bonchev–Trinajstić information content (AvgIpc) is 3.48. The number of rotatable bonds is 8. The maximum atomic E-state index is 12.2. The van der Waals surface area contributed by atoms with Gasteiger partial charge in [0.2, 0.25) is 5.91 Å². The first kappa shape index (κ1) is 20.6. The molecular formula is C20H16Cl2N4O3S. The Morgan fingerprint density at radius 3 is 2.53 bits per heavy atom. The van der Waals surface area contributed by atoms with E-state index >= 15 is 0 Å². The lowest BCUT2D eigenvalue weighted by molar-refractivity contribution is -0.118. The molecule has 4 rings (SSSR count). The van der Waals surface area contributed by atoms with Gasteiger partial charge in [-0.05, 0) is 42.5 Å². The molecule has 1 aromatic carbocycles. The Hall–Kier alpha value is -2.68. The van der Waals surface area contributed by atoms with Gasteiger partial charge in [0, 0.05) is 10.6 Å². The van der Waals surface area contributed by atoms with Gasteiger partial charge in [0.1, 0.15) is 11.5 Å². The lowest BCUT2D eigenvalue weighted by Gasteiger charge is -2.10. The molecule has 7 nitrogen and oxygen atoms in total. The Bertz CT molecular complexity index is 1130. The number of nitrogens with one attached hydrogen (secondary N) is 1. The number of carbonyl (C=O) groups excluding carboxylic acids is 1. The summed E-state index contributed by atoms with van der Waals surface area (Å²) in [5, 5.41) is 12.9. The molecule has 0 fully saturated rings. The highest BCUT2D eigenvalue weighted by Crippen LogP contribution is 2.32. The van der Waals surface area contributed by atoms with Crippen LogP contribution in [0.1, 0.15) is 11.5 Å². The Balaban J connectivity index is 1.53. The molecule has 0 unspecified atom stereocenters. The van der Waals surface area contributed by atoms with E-state index < -0.39 is 0 Å². The number of hydrogen-bond donors (Lipinski definition) is 1. The third-order valence-electron chi connectivity index (χ3n) is 4.16. The molecule has 0 aliphatic carbocycles. The summed E-state index contributed by atoms with van der Waals surface area (Å²) < 4.78 is 12.6. The maximum Gasteiger partial charge on any atom is 0.230 e. The third-order valence-corrected chi connectivity index (χ3v) is 5.67. The Morgan fingerprint density at radius 1 is 1.07 bits per heavy atom. The molecule has 3 heterocycles. The van der Waals surface area contributed by atoms with E-state index in [1.807, 2.05) is 16.7 Å². The van der Waals surface area contributed by atoms with Gasteiger partial charge in [-0.3, -0.25) is 9.36 Å². The van der Waals surface area contributed by atoms with Gasteiger partial charge < -0.3 is 14.2 Å². The lowest BCUT2D eigenvalue weighted by atomic mass is 10.2. The SMILES string of the molecule is O=C(CSc1nnc(-c2ccc(Cl)cc2Cl)n1Cc1ccco1)NCc1ccco1. The van der Waals surface area contributed by atoms with Gasteiger partial charge in [0.25, 0.3) is 0 Å². The average molecular weight is 463 g/mol. The molecule has 0 saturated heterocycles. The Morgan fingerprint density at radius 2 is 1.83 bits per heavy atom. The molecule has 0 saturated carbocycles. The zero-order valence-corrected chi connectivity index (χ0v) is 17.9. The van der Waals surface area contributed by atoms with E-state index in [1.165, 1.54) is 11.8 Å². The fourth-order valence-electron chi connectivity index (χ4n) is 2.75. The van der Waals surface area contributed by atoms with E-state index in [0.717, 1.165) is 5.76 Å². The number of carbonyl (C=O) groups is 1. The van der Waals surface area contributed by atoms with E-state index in [2.05, 4.69) is 15.5 Å². The minimum Gasteiger partial charge on any atom is -0.467 e. The molecule has 1 N–H and O–H groups in total. The van der Waals surface area contributed by atoms with E-state index in [-0.39, 0.29) is 11.7 Å². The molecule has 154 valence electrons. The van der Waals surface area contributed by atoms with Crippen molar-refractivity contribution in [2.45, 2.75) is 18.2 Å². The first-order valence-electron chi connectivity index (χ1n) is 8.93. The number of nitrogens with zero attached hydrogens (tertiary/aromatic N) is 3. The number of halogens is 2. The van der Waals surface area contributed by atoms with Gasteiger partial charge in [-0.1, -0.05) is 35.0 Å². The number of amides is 1. The predicted octanol–water partition coefficient (Wildman–Crippen LogP) is 4.89. The minimum absolute atomic E-state index is 0.143. The molecule has 3 aromatic heterocycles. The standard InChI is InChI=1S/C20H16Cl2N4O3S/c21-13-5-6-16(17(22)9-13)19-24-25-20(26(19)11-15-4-2-8-29-15)30-12-18(27)23-10-14-3-1-7-28-14/h1-9H,10-12H2,(H,23,27). The van der Waals surface area contributed by atoms with Crippen LogP contribution in [-0.4, -0.2) is 26.4 Å². The quantitative estimate of drug-likeness (QED) is 0.375.